The first-order valence-electron chi connectivity index (χ1n) is 10.4. The van der Waals surface area contributed by atoms with E-state index in [1.807, 2.05) is 18.3 Å². The van der Waals surface area contributed by atoms with E-state index >= 15 is 0 Å². The molecule has 0 saturated carbocycles. The number of thiophene rings is 1. The summed E-state index contributed by atoms with van der Waals surface area (Å²) in [6.45, 7) is 2.92. The van der Waals surface area contributed by atoms with Gasteiger partial charge in [0.05, 0.1) is 19.0 Å². The van der Waals surface area contributed by atoms with Gasteiger partial charge in [0.25, 0.3) is 0 Å². The van der Waals surface area contributed by atoms with Gasteiger partial charge in [0.15, 0.2) is 0 Å². The van der Waals surface area contributed by atoms with Crippen molar-refractivity contribution < 1.29 is 4.74 Å². The van der Waals surface area contributed by atoms with Gasteiger partial charge in [-0.25, -0.2) is 4.98 Å². The first kappa shape index (κ1) is 21.0. The van der Waals surface area contributed by atoms with Crippen molar-refractivity contribution in [3.05, 3.63) is 75.8 Å². The number of aromatic amines is 1. The fraction of sp³-hybridized carbons (Fsp3) is 0.304. The van der Waals surface area contributed by atoms with Crippen molar-refractivity contribution >= 4 is 23.0 Å². The van der Waals surface area contributed by atoms with E-state index in [2.05, 4.69) is 67.8 Å². The summed E-state index contributed by atoms with van der Waals surface area (Å²) < 4.78 is 7.69. The maximum Gasteiger partial charge on any atom is 0.201 e. The van der Waals surface area contributed by atoms with E-state index in [0.717, 1.165) is 55.1 Å². The Morgan fingerprint density at radius 1 is 1.26 bits per heavy atom. The van der Waals surface area contributed by atoms with Crippen LogP contribution >= 0.6 is 11.3 Å². The molecule has 7 nitrogen and oxygen atoms in total. The minimum absolute atomic E-state index is 0.609. The standard InChI is InChI=1S/C23H26N6OS/c1-3-4-10-22-24-15-19(29(22)16-17-7-5-8-20(12-17)30-2)13-18(23-25-27-28-26-23)14-21-9-6-11-31-21/h5-9,11-13,15H,3-4,10,14,16H2,1-2H3,(H,25,26,27,28)/b18-13-. The van der Waals surface area contributed by atoms with E-state index in [0.29, 0.717) is 5.82 Å². The molecule has 0 amide bonds. The topological polar surface area (TPSA) is 81.5 Å². The number of allylic oxidation sites excluding steroid dienone is 1. The number of rotatable bonds is 10. The number of methoxy groups -OCH3 is 1. The van der Waals surface area contributed by atoms with Crippen LogP contribution in [-0.2, 0) is 19.4 Å². The van der Waals surface area contributed by atoms with E-state index in [1.54, 1.807) is 18.4 Å². The maximum absolute atomic E-state index is 5.41. The predicted octanol–water partition coefficient (Wildman–Crippen LogP) is 4.64. The van der Waals surface area contributed by atoms with Crippen LogP contribution in [0.15, 0.2) is 48.0 Å². The van der Waals surface area contributed by atoms with Crippen LogP contribution in [0.1, 0.15) is 47.5 Å². The summed E-state index contributed by atoms with van der Waals surface area (Å²) in [5.74, 6) is 2.55. The first-order chi connectivity index (χ1) is 15.3. The molecule has 0 spiro atoms. The number of nitrogens with zero attached hydrogens (tertiary/aromatic N) is 5. The molecule has 4 aromatic rings. The lowest BCUT2D eigenvalue weighted by Gasteiger charge is -2.12. The van der Waals surface area contributed by atoms with Gasteiger partial charge in [-0.1, -0.05) is 31.5 Å². The number of hydrogen-bond acceptors (Lipinski definition) is 6. The molecule has 0 bridgehead atoms. The van der Waals surface area contributed by atoms with Crippen molar-refractivity contribution in [2.24, 2.45) is 0 Å². The number of tetrazole rings is 1. The number of benzene rings is 1. The van der Waals surface area contributed by atoms with Gasteiger partial charge in [0.2, 0.25) is 5.82 Å². The Hall–Kier alpha value is -3.26. The average Bonchev–Trinajstić information content (AvgIpc) is 3.56. The van der Waals surface area contributed by atoms with Gasteiger partial charge >= 0.3 is 0 Å². The van der Waals surface area contributed by atoms with Crippen molar-refractivity contribution in [3.63, 3.8) is 0 Å². The van der Waals surface area contributed by atoms with Crippen molar-refractivity contribution in [1.29, 1.82) is 0 Å². The second kappa shape index (κ2) is 10.2. The molecule has 1 N–H and O–H groups in total. The zero-order valence-electron chi connectivity index (χ0n) is 17.8. The number of aryl methyl sites for hydroxylation is 1. The van der Waals surface area contributed by atoms with Crippen LogP contribution in [-0.4, -0.2) is 37.3 Å². The summed E-state index contributed by atoms with van der Waals surface area (Å²) in [5.41, 5.74) is 3.21. The zero-order chi connectivity index (χ0) is 21.5. The van der Waals surface area contributed by atoms with Crippen molar-refractivity contribution in [2.45, 2.75) is 39.2 Å². The quantitative estimate of drug-likeness (QED) is 0.393. The average molecular weight is 435 g/mol. The second-order valence-electron chi connectivity index (χ2n) is 7.30. The Labute approximate surface area is 185 Å². The van der Waals surface area contributed by atoms with E-state index < -0.39 is 0 Å². The molecule has 0 radical (unpaired) electrons. The summed E-state index contributed by atoms with van der Waals surface area (Å²) in [4.78, 5) is 6.00. The van der Waals surface area contributed by atoms with Crippen molar-refractivity contribution in [3.8, 4) is 5.75 Å². The summed E-state index contributed by atoms with van der Waals surface area (Å²) in [6, 6.07) is 12.4. The molecular formula is C23H26N6OS. The van der Waals surface area contributed by atoms with Gasteiger partial charge in [-0.3, -0.25) is 0 Å². The molecule has 31 heavy (non-hydrogen) atoms. The third-order valence-corrected chi connectivity index (χ3v) is 5.97. The van der Waals surface area contributed by atoms with E-state index in [1.165, 1.54) is 10.4 Å². The Morgan fingerprint density at radius 2 is 2.19 bits per heavy atom. The molecule has 1 aromatic carbocycles. The zero-order valence-corrected chi connectivity index (χ0v) is 18.6. The van der Waals surface area contributed by atoms with Gasteiger partial charge in [-0.15, -0.1) is 21.5 Å². The van der Waals surface area contributed by atoms with Crippen LogP contribution in [0.2, 0.25) is 0 Å². The molecule has 3 heterocycles. The third kappa shape index (κ3) is 5.27. The number of unbranched alkanes of at least 4 members (excludes halogenated alkanes) is 1. The number of nitrogens with one attached hydrogen (secondary N) is 1. The van der Waals surface area contributed by atoms with Crippen LogP contribution in [0.25, 0.3) is 11.6 Å². The minimum atomic E-state index is 0.609. The Morgan fingerprint density at radius 3 is 2.94 bits per heavy atom. The molecule has 3 aromatic heterocycles. The molecule has 4 rings (SSSR count). The van der Waals surface area contributed by atoms with Gasteiger partial charge in [0.1, 0.15) is 11.6 Å². The highest BCUT2D eigenvalue weighted by Crippen LogP contribution is 2.24. The van der Waals surface area contributed by atoms with Crippen molar-refractivity contribution in [2.75, 3.05) is 7.11 Å². The number of H-pyrrole nitrogens is 1. The fourth-order valence-electron chi connectivity index (χ4n) is 3.49. The number of imidazole rings is 1. The van der Waals surface area contributed by atoms with Crippen molar-refractivity contribution in [1.82, 2.24) is 30.2 Å². The lowest BCUT2D eigenvalue weighted by Crippen LogP contribution is -2.08. The molecule has 0 atom stereocenters. The van der Waals surface area contributed by atoms with Gasteiger partial charge in [0, 0.05) is 29.8 Å². The number of aromatic nitrogens is 6. The molecule has 0 aliphatic rings. The molecule has 0 aliphatic heterocycles. The van der Waals surface area contributed by atoms with Crippen LogP contribution in [0, 0.1) is 0 Å². The van der Waals surface area contributed by atoms with Gasteiger partial charge in [-0.2, -0.15) is 5.21 Å². The molecule has 0 fully saturated rings. The second-order valence-corrected chi connectivity index (χ2v) is 8.33. The molecule has 160 valence electrons. The molecule has 0 saturated heterocycles. The lowest BCUT2D eigenvalue weighted by atomic mass is 10.1. The lowest BCUT2D eigenvalue weighted by molar-refractivity contribution is 0.414. The van der Waals surface area contributed by atoms with Gasteiger partial charge in [-0.05, 0) is 46.9 Å². The smallest absolute Gasteiger partial charge is 0.201 e. The van der Waals surface area contributed by atoms with Crippen LogP contribution in [0.5, 0.6) is 5.75 Å². The monoisotopic (exact) mass is 434 g/mol. The third-order valence-electron chi connectivity index (χ3n) is 5.10. The van der Waals surface area contributed by atoms with E-state index in [9.17, 15) is 0 Å². The molecule has 0 aliphatic carbocycles. The highest BCUT2D eigenvalue weighted by molar-refractivity contribution is 7.10. The summed E-state index contributed by atoms with van der Waals surface area (Å²) >= 11 is 1.72. The molecule has 8 heteroatoms. The Balaban J connectivity index is 1.72. The summed E-state index contributed by atoms with van der Waals surface area (Å²) in [5, 5.41) is 16.9. The normalized spacial score (nSPS) is 11.7. The summed E-state index contributed by atoms with van der Waals surface area (Å²) in [7, 11) is 1.69. The number of ether oxygens (including phenoxy) is 1. The molecule has 0 unspecified atom stereocenters. The fourth-order valence-corrected chi connectivity index (χ4v) is 4.21. The first-order valence-corrected chi connectivity index (χ1v) is 11.3. The highest BCUT2D eigenvalue weighted by Gasteiger charge is 2.14. The van der Waals surface area contributed by atoms with E-state index in [-0.39, 0.29) is 0 Å². The minimum Gasteiger partial charge on any atom is -0.497 e. The van der Waals surface area contributed by atoms with E-state index in [4.69, 9.17) is 9.72 Å². The Kier molecular flexibility index (Phi) is 6.89. The summed E-state index contributed by atoms with van der Waals surface area (Å²) in [6.07, 6.45) is 7.99. The Bertz CT molecular complexity index is 1120. The highest BCUT2D eigenvalue weighted by atomic mass is 32.1. The number of hydrogen-bond donors (Lipinski definition) is 1. The predicted molar refractivity (Wildman–Crippen MR) is 123 cm³/mol. The van der Waals surface area contributed by atoms with Crippen LogP contribution < -0.4 is 4.74 Å². The maximum atomic E-state index is 5.41. The van der Waals surface area contributed by atoms with Gasteiger partial charge < -0.3 is 9.30 Å². The van der Waals surface area contributed by atoms with Crippen LogP contribution in [0.4, 0.5) is 0 Å². The largest absolute Gasteiger partial charge is 0.497 e. The SMILES string of the molecule is CCCCc1ncc(/C=C(/Cc2cccs2)c2nn[nH]n2)n1Cc1cccc(OC)c1. The molecular weight excluding hydrogens is 408 g/mol. The van der Waals surface area contributed by atoms with Crippen LogP contribution in [0.3, 0.4) is 0 Å².